The van der Waals surface area contributed by atoms with E-state index in [0.717, 1.165) is 47.9 Å². The molecule has 2 aromatic carbocycles. The Morgan fingerprint density at radius 1 is 0.767 bits per heavy atom. The smallest absolute Gasteiger partial charge is 0.338 e. The zero-order valence-corrected chi connectivity index (χ0v) is 25.2. The number of rotatable bonds is 15. The van der Waals surface area contributed by atoms with E-state index >= 15 is 0 Å². The molecule has 1 atom stereocenters. The van der Waals surface area contributed by atoms with Crippen molar-refractivity contribution >= 4 is 29.6 Å². The number of aliphatic hydroxyl groups is 1. The van der Waals surface area contributed by atoms with Gasteiger partial charge >= 0.3 is 17.9 Å². The molecule has 1 aliphatic heterocycles. The number of unbranched alkanes of at least 4 members (excludes halogenated alkanes) is 2. The van der Waals surface area contributed by atoms with Gasteiger partial charge in [0.1, 0.15) is 11.5 Å². The van der Waals surface area contributed by atoms with Crippen molar-refractivity contribution in [2.45, 2.75) is 65.6 Å². The number of aliphatic hydroxyl groups excluding tert-OH is 1. The van der Waals surface area contributed by atoms with E-state index in [1.54, 1.807) is 45.0 Å². The second-order valence-electron chi connectivity index (χ2n) is 10.7. The van der Waals surface area contributed by atoms with Gasteiger partial charge < -0.3 is 24.1 Å². The molecule has 0 spiro atoms. The normalized spacial score (nSPS) is 13.6. The maximum Gasteiger partial charge on any atom is 0.338 e. The van der Waals surface area contributed by atoms with Crippen molar-refractivity contribution in [3.63, 3.8) is 0 Å². The van der Waals surface area contributed by atoms with Crippen LogP contribution in [-0.4, -0.2) is 42.5 Å². The molecule has 0 saturated heterocycles. The van der Waals surface area contributed by atoms with Crippen molar-refractivity contribution in [1.29, 1.82) is 0 Å². The van der Waals surface area contributed by atoms with E-state index in [-0.39, 0.29) is 0 Å². The summed E-state index contributed by atoms with van der Waals surface area (Å²) >= 11 is 0. The molecule has 0 bridgehead atoms. The third-order valence-electron chi connectivity index (χ3n) is 6.74. The molecule has 8 heteroatoms. The Kier molecular flexibility index (Phi) is 12.1. The van der Waals surface area contributed by atoms with E-state index in [0.29, 0.717) is 59.8 Å². The molecule has 0 amide bonds. The number of hydrogen-bond acceptors (Lipinski definition) is 8. The number of carbonyl (C=O) groups excluding carboxylic acids is 3. The van der Waals surface area contributed by atoms with Gasteiger partial charge in [0.05, 0.1) is 13.2 Å². The van der Waals surface area contributed by atoms with E-state index in [4.69, 9.17) is 18.9 Å². The van der Waals surface area contributed by atoms with Crippen LogP contribution in [0.4, 0.5) is 0 Å². The SMILES string of the molecule is C=C(C)C(=O)OCCCCc1cc2c(cc1CCCCOC(=O)C(=C)C)OC(O)C(c1ccc(OC(=O)C(=C)C)cc1)=C2. The molecular weight excluding hydrogens is 548 g/mol. The van der Waals surface area contributed by atoms with Crippen LogP contribution in [0.5, 0.6) is 11.5 Å². The number of aryl methyl sites for hydroxylation is 2. The lowest BCUT2D eigenvalue weighted by Gasteiger charge is -2.25. The Balaban J connectivity index is 1.77. The van der Waals surface area contributed by atoms with Crippen molar-refractivity contribution < 1.29 is 38.4 Å². The largest absolute Gasteiger partial charge is 0.462 e. The molecule has 0 aromatic heterocycles. The number of benzene rings is 2. The van der Waals surface area contributed by atoms with Gasteiger partial charge in [0.15, 0.2) is 0 Å². The van der Waals surface area contributed by atoms with Crippen LogP contribution in [0, 0.1) is 0 Å². The summed E-state index contributed by atoms with van der Waals surface area (Å²) in [5.41, 5.74) is 5.39. The van der Waals surface area contributed by atoms with Crippen LogP contribution in [0.3, 0.4) is 0 Å². The molecule has 1 aliphatic rings. The Morgan fingerprint density at radius 3 is 1.79 bits per heavy atom. The minimum Gasteiger partial charge on any atom is -0.462 e. The predicted octanol–water partition coefficient (Wildman–Crippen LogP) is 6.30. The fourth-order valence-corrected chi connectivity index (χ4v) is 4.34. The zero-order chi connectivity index (χ0) is 31.5. The van der Waals surface area contributed by atoms with Crippen LogP contribution in [0.2, 0.25) is 0 Å². The lowest BCUT2D eigenvalue weighted by Crippen LogP contribution is -2.21. The van der Waals surface area contributed by atoms with Crippen LogP contribution in [-0.2, 0) is 36.7 Å². The third kappa shape index (κ3) is 9.82. The minimum atomic E-state index is -1.18. The predicted molar refractivity (Wildman–Crippen MR) is 165 cm³/mol. The first-order valence-corrected chi connectivity index (χ1v) is 14.3. The first-order valence-electron chi connectivity index (χ1n) is 14.3. The van der Waals surface area contributed by atoms with Gasteiger partial charge in [-0.25, -0.2) is 14.4 Å². The summed E-state index contributed by atoms with van der Waals surface area (Å²) in [6, 6.07) is 10.9. The van der Waals surface area contributed by atoms with E-state index in [2.05, 4.69) is 25.8 Å². The first-order chi connectivity index (χ1) is 20.5. The zero-order valence-electron chi connectivity index (χ0n) is 25.2. The Hall–Kier alpha value is -4.43. The van der Waals surface area contributed by atoms with E-state index in [1.807, 2.05) is 12.1 Å². The Labute approximate surface area is 253 Å². The maximum absolute atomic E-state index is 11.8. The molecule has 2 aromatic rings. The fraction of sp³-hybridized carbons (Fsp3) is 0.343. The second-order valence-corrected chi connectivity index (χ2v) is 10.7. The van der Waals surface area contributed by atoms with E-state index in [9.17, 15) is 19.5 Å². The molecule has 1 heterocycles. The molecule has 0 fully saturated rings. The van der Waals surface area contributed by atoms with Crippen molar-refractivity contribution in [1.82, 2.24) is 0 Å². The average molecular weight is 589 g/mol. The summed E-state index contributed by atoms with van der Waals surface area (Å²) in [7, 11) is 0. The van der Waals surface area contributed by atoms with Gasteiger partial charge in [-0.2, -0.15) is 0 Å². The lowest BCUT2D eigenvalue weighted by atomic mass is 9.92. The van der Waals surface area contributed by atoms with E-state index < -0.39 is 24.2 Å². The van der Waals surface area contributed by atoms with Crippen molar-refractivity contribution in [2.75, 3.05) is 13.2 Å². The van der Waals surface area contributed by atoms with Gasteiger partial charge in [0.2, 0.25) is 6.29 Å². The summed E-state index contributed by atoms with van der Waals surface area (Å²) < 4.78 is 21.7. The highest BCUT2D eigenvalue weighted by molar-refractivity contribution is 5.90. The van der Waals surface area contributed by atoms with Crippen LogP contribution in [0.25, 0.3) is 11.6 Å². The Morgan fingerprint density at radius 2 is 1.28 bits per heavy atom. The molecule has 1 N–H and O–H groups in total. The molecular formula is C35H40O8. The average Bonchev–Trinajstić information content (AvgIpc) is 2.96. The molecule has 8 nitrogen and oxygen atoms in total. The van der Waals surface area contributed by atoms with Crippen LogP contribution >= 0.6 is 0 Å². The molecule has 0 saturated carbocycles. The van der Waals surface area contributed by atoms with Gasteiger partial charge in [0, 0.05) is 27.9 Å². The third-order valence-corrected chi connectivity index (χ3v) is 6.74. The summed E-state index contributed by atoms with van der Waals surface area (Å²) in [5, 5.41) is 10.9. The first kappa shape index (κ1) is 33.1. The number of ether oxygens (including phenoxy) is 4. The second kappa shape index (κ2) is 15.7. The topological polar surface area (TPSA) is 108 Å². The van der Waals surface area contributed by atoms with Gasteiger partial charge in [-0.05, 0) is 106 Å². The standard InChI is InChI=1S/C35H40O8/c1-22(2)32(36)40-17-9-7-11-26-19-28-20-30(25-13-15-29(16-14-25)42-34(38)24(5)6)35(39)43-31(28)21-27(26)12-8-10-18-41-33(37)23(3)4/h13-16,19-21,35,39H,1,3,5,7-12,17-18H2,2,4,6H3. The molecule has 0 aliphatic carbocycles. The summed E-state index contributed by atoms with van der Waals surface area (Å²) in [6.45, 7) is 16.2. The van der Waals surface area contributed by atoms with Gasteiger partial charge in [-0.3, -0.25) is 0 Å². The molecule has 43 heavy (non-hydrogen) atoms. The highest BCUT2D eigenvalue weighted by atomic mass is 16.6. The summed E-state index contributed by atoms with van der Waals surface area (Å²) in [6.07, 6.45) is 5.19. The fourth-order valence-electron chi connectivity index (χ4n) is 4.34. The van der Waals surface area contributed by atoms with Crippen molar-refractivity contribution in [2.24, 2.45) is 0 Å². The Bertz CT molecular complexity index is 1410. The molecule has 3 rings (SSSR count). The number of esters is 3. The maximum atomic E-state index is 11.8. The quantitative estimate of drug-likeness (QED) is 0.112. The number of fused-ring (bicyclic) bond motifs is 1. The van der Waals surface area contributed by atoms with Crippen LogP contribution in [0.15, 0.2) is 72.9 Å². The van der Waals surface area contributed by atoms with Gasteiger partial charge in [-0.1, -0.05) is 31.9 Å². The molecule has 228 valence electrons. The van der Waals surface area contributed by atoms with Crippen LogP contribution < -0.4 is 9.47 Å². The highest BCUT2D eigenvalue weighted by Gasteiger charge is 2.23. The highest BCUT2D eigenvalue weighted by Crippen LogP contribution is 2.37. The van der Waals surface area contributed by atoms with E-state index in [1.165, 1.54) is 0 Å². The summed E-state index contributed by atoms with van der Waals surface area (Å²) in [4.78, 5) is 35.2. The van der Waals surface area contributed by atoms with Gasteiger partial charge in [0.25, 0.3) is 0 Å². The molecule has 1 unspecified atom stereocenters. The number of carbonyl (C=O) groups is 3. The lowest BCUT2D eigenvalue weighted by molar-refractivity contribution is -0.139. The number of hydrogen-bond donors (Lipinski definition) is 1. The van der Waals surface area contributed by atoms with Crippen molar-refractivity contribution in [3.8, 4) is 11.5 Å². The van der Waals surface area contributed by atoms with Crippen LogP contribution in [0.1, 0.15) is 68.7 Å². The molecule has 0 radical (unpaired) electrons. The summed E-state index contributed by atoms with van der Waals surface area (Å²) in [5.74, 6) is -0.344. The monoisotopic (exact) mass is 588 g/mol. The van der Waals surface area contributed by atoms with Gasteiger partial charge in [-0.15, -0.1) is 0 Å². The minimum absolute atomic E-state index is 0.300. The van der Waals surface area contributed by atoms with Crippen molar-refractivity contribution in [3.05, 3.63) is 95.1 Å².